The van der Waals surface area contributed by atoms with E-state index in [1.54, 1.807) is 16.4 Å². The zero-order valence-corrected chi connectivity index (χ0v) is 14.0. The Bertz CT molecular complexity index is 550. The van der Waals surface area contributed by atoms with Crippen molar-refractivity contribution in [3.05, 3.63) is 29.8 Å². The van der Waals surface area contributed by atoms with E-state index in [0.717, 1.165) is 25.9 Å². The zero-order valence-electron chi connectivity index (χ0n) is 13.2. The smallest absolute Gasteiger partial charge is 0.243 e. The van der Waals surface area contributed by atoms with Gasteiger partial charge in [0.05, 0.1) is 10.9 Å². The quantitative estimate of drug-likeness (QED) is 0.842. The number of sulfonamides is 1. The van der Waals surface area contributed by atoms with Gasteiger partial charge in [-0.25, -0.2) is 8.42 Å². The molecule has 0 spiro atoms. The zero-order chi connectivity index (χ0) is 15.5. The maximum absolute atomic E-state index is 12.8. The third kappa shape index (κ3) is 3.47. The van der Waals surface area contributed by atoms with E-state index in [2.05, 4.69) is 19.2 Å². The monoisotopic (exact) mass is 310 g/mol. The van der Waals surface area contributed by atoms with Crippen molar-refractivity contribution in [3.63, 3.8) is 0 Å². The van der Waals surface area contributed by atoms with Crippen LogP contribution < -0.4 is 5.32 Å². The highest BCUT2D eigenvalue weighted by Gasteiger charge is 2.34. The Morgan fingerprint density at radius 3 is 2.29 bits per heavy atom. The molecular weight excluding hydrogens is 284 g/mol. The number of benzene rings is 1. The lowest BCUT2D eigenvalue weighted by Gasteiger charge is -2.37. The molecule has 5 heteroatoms. The molecule has 0 amide bonds. The van der Waals surface area contributed by atoms with Crippen LogP contribution in [0.25, 0.3) is 0 Å². The summed E-state index contributed by atoms with van der Waals surface area (Å²) in [6, 6.07) is 7.51. The van der Waals surface area contributed by atoms with Crippen LogP contribution in [0.2, 0.25) is 0 Å². The lowest BCUT2D eigenvalue weighted by atomic mass is 9.99. The minimum Gasteiger partial charge on any atom is -0.313 e. The van der Waals surface area contributed by atoms with E-state index in [1.165, 1.54) is 5.56 Å². The topological polar surface area (TPSA) is 49.4 Å². The van der Waals surface area contributed by atoms with Gasteiger partial charge in [-0.3, -0.25) is 0 Å². The first-order valence-electron chi connectivity index (χ1n) is 7.83. The number of nitrogens with one attached hydrogen (secondary N) is 1. The van der Waals surface area contributed by atoms with Gasteiger partial charge in [0.15, 0.2) is 0 Å². The molecule has 1 saturated heterocycles. The van der Waals surface area contributed by atoms with Gasteiger partial charge < -0.3 is 5.32 Å². The first kappa shape index (κ1) is 16.5. The van der Waals surface area contributed by atoms with Crippen LogP contribution in [0.1, 0.15) is 45.1 Å². The van der Waals surface area contributed by atoms with Crippen molar-refractivity contribution in [3.8, 4) is 0 Å². The molecule has 1 atom stereocenters. The Morgan fingerprint density at radius 1 is 1.24 bits per heavy atom. The van der Waals surface area contributed by atoms with E-state index in [9.17, 15) is 8.42 Å². The Kier molecular flexibility index (Phi) is 5.41. The van der Waals surface area contributed by atoms with Gasteiger partial charge in [-0.05, 0) is 36.5 Å². The first-order chi connectivity index (χ1) is 10.0. The van der Waals surface area contributed by atoms with Crippen LogP contribution in [-0.2, 0) is 10.0 Å². The average molecular weight is 310 g/mol. The highest BCUT2D eigenvalue weighted by Crippen LogP contribution is 2.24. The number of nitrogens with zero attached hydrogens (tertiary/aromatic N) is 1. The molecule has 1 aliphatic rings. The van der Waals surface area contributed by atoms with E-state index < -0.39 is 10.0 Å². The molecule has 1 aromatic carbocycles. The summed E-state index contributed by atoms with van der Waals surface area (Å²) in [7, 11) is -3.38. The third-order valence-corrected chi connectivity index (χ3v) is 6.25. The van der Waals surface area contributed by atoms with Gasteiger partial charge in [0.25, 0.3) is 0 Å². The summed E-state index contributed by atoms with van der Waals surface area (Å²) in [6.07, 6.45) is 1.89. The van der Waals surface area contributed by atoms with E-state index in [1.807, 2.05) is 19.1 Å². The van der Waals surface area contributed by atoms with E-state index >= 15 is 0 Å². The molecule has 0 saturated carbocycles. The molecule has 0 aromatic heterocycles. The van der Waals surface area contributed by atoms with Gasteiger partial charge in [0, 0.05) is 19.6 Å². The normalized spacial score (nSPS) is 17.7. The molecule has 1 aromatic rings. The fourth-order valence-electron chi connectivity index (χ4n) is 2.54. The number of hydrogen-bond acceptors (Lipinski definition) is 3. The summed E-state index contributed by atoms with van der Waals surface area (Å²) in [5.41, 5.74) is 1.20. The Balaban J connectivity index is 2.24. The fraction of sp³-hybridized carbons (Fsp3) is 0.625. The summed E-state index contributed by atoms with van der Waals surface area (Å²) in [4.78, 5) is 0.412. The molecule has 4 nitrogen and oxygen atoms in total. The Labute approximate surface area is 128 Å². The standard InChI is InChI=1S/C16H26N2O2S/c1-4-10-18(15-11-17-12-15)21(19,20)16-8-6-14(7-9-16)13(3)5-2/h6-9,13,15,17H,4-5,10-12H2,1-3H3. The maximum atomic E-state index is 12.8. The maximum Gasteiger partial charge on any atom is 0.243 e. The van der Waals surface area contributed by atoms with Gasteiger partial charge in [-0.2, -0.15) is 4.31 Å². The van der Waals surface area contributed by atoms with E-state index in [0.29, 0.717) is 17.4 Å². The molecule has 0 radical (unpaired) electrons. The highest BCUT2D eigenvalue weighted by molar-refractivity contribution is 7.89. The predicted molar refractivity (Wildman–Crippen MR) is 86.0 cm³/mol. The number of rotatable bonds is 7. The minimum atomic E-state index is -3.38. The average Bonchev–Trinajstić information content (AvgIpc) is 2.44. The first-order valence-corrected chi connectivity index (χ1v) is 9.27. The summed E-state index contributed by atoms with van der Waals surface area (Å²) < 4.78 is 27.3. The molecule has 0 aliphatic carbocycles. The summed E-state index contributed by atoms with van der Waals surface area (Å²) in [5.74, 6) is 0.462. The third-order valence-electron chi connectivity index (χ3n) is 4.28. The van der Waals surface area contributed by atoms with Crippen molar-refractivity contribution in [2.24, 2.45) is 0 Å². The van der Waals surface area contributed by atoms with Crippen molar-refractivity contribution in [1.82, 2.24) is 9.62 Å². The van der Waals surface area contributed by atoms with Gasteiger partial charge in [-0.15, -0.1) is 0 Å². The predicted octanol–water partition coefficient (Wildman–Crippen LogP) is 2.57. The number of hydrogen-bond donors (Lipinski definition) is 1. The lowest BCUT2D eigenvalue weighted by molar-refractivity contribution is 0.242. The molecule has 1 unspecified atom stereocenters. The van der Waals surface area contributed by atoms with Crippen LogP contribution in [0.15, 0.2) is 29.2 Å². The van der Waals surface area contributed by atoms with Crippen LogP contribution in [-0.4, -0.2) is 38.4 Å². The lowest BCUT2D eigenvalue weighted by Crippen LogP contribution is -2.58. The molecular formula is C16H26N2O2S. The molecule has 1 aliphatic heterocycles. The van der Waals surface area contributed by atoms with Gasteiger partial charge in [0.2, 0.25) is 10.0 Å². The molecule has 1 N–H and O–H groups in total. The van der Waals surface area contributed by atoms with Crippen molar-refractivity contribution in [1.29, 1.82) is 0 Å². The second-order valence-electron chi connectivity index (χ2n) is 5.81. The Hall–Kier alpha value is -0.910. The second-order valence-corrected chi connectivity index (χ2v) is 7.70. The molecule has 1 heterocycles. The van der Waals surface area contributed by atoms with Gasteiger partial charge in [-0.1, -0.05) is 32.9 Å². The fourth-order valence-corrected chi connectivity index (χ4v) is 4.25. The van der Waals surface area contributed by atoms with E-state index in [4.69, 9.17) is 0 Å². The van der Waals surface area contributed by atoms with Crippen LogP contribution in [0.4, 0.5) is 0 Å². The molecule has 0 bridgehead atoms. The molecule has 2 rings (SSSR count). The summed E-state index contributed by atoms with van der Waals surface area (Å²) in [6.45, 7) is 8.41. The van der Waals surface area contributed by atoms with Crippen molar-refractivity contribution >= 4 is 10.0 Å². The summed E-state index contributed by atoms with van der Waals surface area (Å²) >= 11 is 0. The molecule has 118 valence electrons. The minimum absolute atomic E-state index is 0.101. The summed E-state index contributed by atoms with van der Waals surface area (Å²) in [5, 5.41) is 3.15. The van der Waals surface area contributed by atoms with Crippen LogP contribution in [0.3, 0.4) is 0 Å². The molecule has 21 heavy (non-hydrogen) atoms. The van der Waals surface area contributed by atoms with Crippen LogP contribution >= 0.6 is 0 Å². The van der Waals surface area contributed by atoms with Gasteiger partial charge >= 0.3 is 0 Å². The largest absolute Gasteiger partial charge is 0.313 e. The van der Waals surface area contributed by atoms with Crippen LogP contribution in [0.5, 0.6) is 0 Å². The molecule has 1 fully saturated rings. The van der Waals surface area contributed by atoms with E-state index in [-0.39, 0.29) is 6.04 Å². The Morgan fingerprint density at radius 2 is 1.86 bits per heavy atom. The highest BCUT2D eigenvalue weighted by atomic mass is 32.2. The van der Waals surface area contributed by atoms with Gasteiger partial charge in [0.1, 0.15) is 0 Å². The van der Waals surface area contributed by atoms with Crippen LogP contribution in [0, 0.1) is 0 Å². The second kappa shape index (κ2) is 6.90. The van der Waals surface area contributed by atoms with Crippen molar-refractivity contribution in [2.45, 2.75) is 50.5 Å². The SMILES string of the molecule is CCCN(C1CNC1)S(=O)(=O)c1ccc(C(C)CC)cc1. The van der Waals surface area contributed by atoms with Crippen molar-refractivity contribution < 1.29 is 8.42 Å². The van der Waals surface area contributed by atoms with Crippen molar-refractivity contribution in [2.75, 3.05) is 19.6 Å².